The van der Waals surface area contributed by atoms with Crippen molar-refractivity contribution in [2.75, 3.05) is 6.54 Å². The van der Waals surface area contributed by atoms with Gasteiger partial charge in [-0.05, 0) is 17.7 Å². The number of hydrogen-bond acceptors (Lipinski definition) is 2. The van der Waals surface area contributed by atoms with E-state index in [9.17, 15) is 9.59 Å². The Morgan fingerprint density at radius 1 is 0.947 bits per heavy atom. The van der Waals surface area contributed by atoms with E-state index in [4.69, 9.17) is 0 Å². The van der Waals surface area contributed by atoms with Gasteiger partial charge in [-0.1, -0.05) is 48.5 Å². The first-order valence-corrected chi connectivity index (χ1v) is 6.25. The van der Waals surface area contributed by atoms with Crippen LogP contribution in [0, 0.1) is 0 Å². The second-order valence-electron chi connectivity index (χ2n) is 4.65. The lowest BCUT2D eigenvalue weighted by Crippen LogP contribution is -2.57. The minimum atomic E-state index is -0.132. The smallest absolute Gasteiger partial charge is 0.294 e. The molecule has 19 heavy (non-hydrogen) atoms. The number of urea groups is 1. The van der Waals surface area contributed by atoms with E-state index >= 15 is 0 Å². The fourth-order valence-electron chi connectivity index (χ4n) is 2.41. The average molecular weight is 254 g/mol. The van der Waals surface area contributed by atoms with E-state index in [2.05, 4.69) is 48.5 Å². The SMILES string of the molecule is CC1N2CC(=O)N1C2=O.c1ccc2ccccc2c1. The van der Waals surface area contributed by atoms with Crippen LogP contribution >= 0.6 is 0 Å². The lowest BCUT2D eigenvalue weighted by molar-refractivity contribution is -0.125. The van der Waals surface area contributed by atoms with Gasteiger partial charge in [0.1, 0.15) is 12.7 Å². The number of imide groups is 1. The molecule has 96 valence electrons. The molecular formula is C15H14N2O2. The molecule has 4 nitrogen and oxygen atoms in total. The Balaban J connectivity index is 0.000000117. The Kier molecular flexibility index (Phi) is 2.71. The molecule has 3 heterocycles. The third kappa shape index (κ3) is 1.85. The van der Waals surface area contributed by atoms with E-state index in [1.165, 1.54) is 15.7 Å². The highest BCUT2D eigenvalue weighted by Gasteiger charge is 2.53. The molecule has 1 unspecified atom stereocenters. The Labute approximate surface area is 111 Å². The number of amides is 3. The molecule has 0 aliphatic carbocycles. The second kappa shape index (κ2) is 4.39. The maximum Gasteiger partial charge on any atom is 0.330 e. The van der Waals surface area contributed by atoms with E-state index in [0.717, 1.165) is 0 Å². The van der Waals surface area contributed by atoms with Crippen molar-refractivity contribution in [1.29, 1.82) is 0 Å². The monoisotopic (exact) mass is 254 g/mol. The van der Waals surface area contributed by atoms with E-state index < -0.39 is 0 Å². The summed E-state index contributed by atoms with van der Waals surface area (Å²) in [4.78, 5) is 24.2. The van der Waals surface area contributed by atoms with E-state index in [-0.39, 0.29) is 18.1 Å². The molecule has 0 aromatic heterocycles. The van der Waals surface area contributed by atoms with E-state index in [1.807, 2.05) is 6.92 Å². The van der Waals surface area contributed by atoms with Crippen LogP contribution in [0.25, 0.3) is 10.8 Å². The number of benzene rings is 2. The highest BCUT2D eigenvalue weighted by atomic mass is 16.2. The van der Waals surface area contributed by atoms with Gasteiger partial charge in [-0.3, -0.25) is 9.69 Å². The van der Waals surface area contributed by atoms with Crippen LogP contribution in [0.3, 0.4) is 0 Å². The van der Waals surface area contributed by atoms with Gasteiger partial charge in [-0.15, -0.1) is 0 Å². The summed E-state index contributed by atoms with van der Waals surface area (Å²) in [6.07, 6.45) is 0.0324. The predicted molar refractivity (Wildman–Crippen MR) is 72.4 cm³/mol. The summed E-state index contributed by atoms with van der Waals surface area (Å²) in [5, 5.41) is 2.62. The van der Waals surface area contributed by atoms with Gasteiger partial charge in [-0.25, -0.2) is 9.69 Å². The van der Waals surface area contributed by atoms with Crippen LogP contribution in [0.1, 0.15) is 6.92 Å². The van der Waals surface area contributed by atoms with Crippen molar-refractivity contribution in [1.82, 2.24) is 9.80 Å². The molecule has 4 heteroatoms. The van der Waals surface area contributed by atoms with Crippen LogP contribution in [0.2, 0.25) is 0 Å². The predicted octanol–water partition coefficient (Wildman–Crippen LogP) is 2.45. The fourth-order valence-corrected chi connectivity index (χ4v) is 2.41. The van der Waals surface area contributed by atoms with Gasteiger partial charge in [-0.2, -0.15) is 0 Å². The maximum atomic E-state index is 10.7. The topological polar surface area (TPSA) is 40.6 Å². The largest absolute Gasteiger partial charge is 0.330 e. The van der Waals surface area contributed by atoms with Gasteiger partial charge in [0.05, 0.1) is 0 Å². The third-order valence-electron chi connectivity index (χ3n) is 3.51. The highest BCUT2D eigenvalue weighted by molar-refractivity contribution is 6.06. The van der Waals surface area contributed by atoms with Crippen molar-refractivity contribution in [3.8, 4) is 0 Å². The van der Waals surface area contributed by atoms with Crippen LogP contribution < -0.4 is 0 Å². The van der Waals surface area contributed by atoms with E-state index in [1.54, 1.807) is 4.90 Å². The zero-order valence-corrected chi connectivity index (χ0v) is 10.6. The Hall–Kier alpha value is -2.36. The number of carbonyl (C=O) groups is 2. The number of hydrogen-bond donors (Lipinski definition) is 0. The highest BCUT2D eigenvalue weighted by Crippen LogP contribution is 2.28. The van der Waals surface area contributed by atoms with Crippen molar-refractivity contribution in [2.24, 2.45) is 0 Å². The third-order valence-corrected chi connectivity index (χ3v) is 3.51. The average Bonchev–Trinajstić information content (AvgIpc) is 2.93. The normalized spacial score (nSPS) is 20.2. The van der Waals surface area contributed by atoms with Crippen molar-refractivity contribution in [3.05, 3.63) is 48.5 Å². The zero-order valence-electron chi connectivity index (χ0n) is 10.6. The molecule has 3 amide bonds. The van der Waals surface area contributed by atoms with Crippen molar-refractivity contribution in [2.45, 2.75) is 13.1 Å². The second-order valence-corrected chi connectivity index (χ2v) is 4.65. The molecule has 0 spiro atoms. The number of carbonyl (C=O) groups excluding carboxylic acids is 2. The van der Waals surface area contributed by atoms with Gasteiger partial charge >= 0.3 is 6.03 Å². The maximum absolute atomic E-state index is 10.7. The molecule has 0 N–H and O–H groups in total. The Morgan fingerprint density at radius 2 is 1.42 bits per heavy atom. The molecule has 2 aromatic rings. The summed E-state index contributed by atoms with van der Waals surface area (Å²) in [5.74, 6) is -0.0625. The summed E-state index contributed by atoms with van der Waals surface area (Å²) >= 11 is 0. The molecule has 2 bridgehead atoms. The van der Waals surface area contributed by atoms with Gasteiger partial charge in [0, 0.05) is 0 Å². The summed E-state index contributed by atoms with van der Waals surface area (Å²) in [5.41, 5.74) is 0. The van der Waals surface area contributed by atoms with Gasteiger partial charge in [0.2, 0.25) is 0 Å². The summed E-state index contributed by atoms with van der Waals surface area (Å²) in [7, 11) is 0. The number of fused-ring (bicyclic) bond motifs is 2. The van der Waals surface area contributed by atoms with Crippen LogP contribution in [0.15, 0.2) is 48.5 Å². The van der Waals surface area contributed by atoms with Crippen LogP contribution in [-0.4, -0.2) is 34.4 Å². The van der Waals surface area contributed by atoms with Crippen molar-refractivity contribution in [3.63, 3.8) is 0 Å². The summed E-state index contributed by atoms with van der Waals surface area (Å²) < 4.78 is 0. The molecular weight excluding hydrogens is 240 g/mol. The van der Waals surface area contributed by atoms with Crippen LogP contribution in [0.4, 0.5) is 4.79 Å². The zero-order chi connectivity index (χ0) is 13.4. The Bertz CT molecular complexity index is 580. The van der Waals surface area contributed by atoms with Gasteiger partial charge in [0.25, 0.3) is 5.91 Å². The van der Waals surface area contributed by atoms with Crippen molar-refractivity contribution < 1.29 is 9.59 Å². The molecule has 3 aliphatic rings. The van der Waals surface area contributed by atoms with Crippen molar-refractivity contribution >= 4 is 22.7 Å². The summed E-state index contributed by atoms with van der Waals surface area (Å²) in [6.45, 7) is 2.13. The number of rotatable bonds is 0. The molecule has 3 saturated heterocycles. The number of nitrogens with zero attached hydrogens (tertiary/aromatic N) is 2. The fraction of sp³-hybridized carbons (Fsp3) is 0.200. The van der Waals surface area contributed by atoms with Crippen LogP contribution in [0.5, 0.6) is 0 Å². The van der Waals surface area contributed by atoms with Gasteiger partial charge < -0.3 is 0 Å². The molecule has 2 aromatic carbocycles. The molecule has 3 aliphatic heterocycles. The standard InChI is InChI=1S/C10H8.C5H6N2O2/c1-2-6-10-8-4-3-7-9(10)5-1;1-3-6-2-4(8)7(3)5(6)9/h1-8H;3H,2H2,1H3. The first kappa shape index (κ1) is 11.7. The lowest BCUT2D eigenvalue weighted by atomic mass is 10.1. The summed E-state index contributed by atoms with van der Waals surface area (Å²) in [6, 6.07) is 16.6. The molecule has 0 saturated carbocycles. The molecule has 0 radical (unpaired) electrons. The molecule has 5 rings (SSSR count). The van der Waals surface area contributed by atoms with Gasteiger partial charge in [0.15, 0.2) is 0 Å². The molecule has 1 atom stereocenters. The first-order valence-electron chi connectivity index (χ1n) is 6.25. The van der Waals surface area contributed by atoms with Crippen LogP contribution in [-0.2, 0) is 4.79 Å². The minimum absolute atomic E-state index is 0.0324. The Morgan fingerprint density at radius 3 is 1.63 bits per heavy atom. The first-order chi connectivity index (χ1) is 9.18. The van der Waals surface area contributed by atoms with E-state index in [0.29, 0.717) is 6.54 Å². The quantitative estimate of drug-likeness (QED) is 0.677. The lowest BCUT2D eigenvalue weighted by Gasteiger charge is -2.35. The minimum Gasteiger partial charge on any atom is -0.294 e. The molecule has 3 fully saturated rings.